The summed E-state index contributed by atoms with van der Waals surface area (Å²) in [5.41, 5.74) is 3.17. The van der Waals surface area contributed by atoms with Gasteiger partial charge < -0.3 is 24.3 Å². The number of carbonyl (C=O) groups excluding carboxylic acids is 1. The van der Waals surface area contributed by atoms with Crippen LogP contribution in [0.5, 0.6) is 11.5 Å². The summed E-state index contributed by atoms with van der Waals surface area (Å²) in [6.07, 6.45) is 0.516. The Kier molecular flexibility index (Phi) is 4.68. The van der Waals surface area contributed by atoms with Gasteiger partial charge in [-0.1, -0.05) is 29.4 Å². The molecule has 2 aliphatic rings. The van der Waals surface area contributed by atoms with Gasteiger partial charge in [0.05, 0.1) is 24.9 Å². The van der Waals surface area contributed by atoms with E-state index in [0.29, 0.717) is 18.5 Å². The van der Waals surface area contributed by atoms with Crippen LogP contribution in [0.1, 0.15) is 16.8 Å². The molecule has 1 atom stereocenters. The van der Waals surface area contributed by atoms with Crippen molar-refractivity contribution in [1.82, 2.24) is 4.90 Å². The van der Waals surface area contributed by atoms with E-state index in [1.54, 1.807) is 17.0 Å². The van der Waals surface area contributed by atoms with Crippen molar-refractivity contribution >= 4 is 11.6 Å². The van der Waals surface area contributed by atoms with Gasteiger partial charge in [0.1, 0.15) is 7.11 Å². The summed E-state index contributed by atoms with van der Waals surface area (Å²) in [5.74, 6) is 1.30. The molecule has 0 saturated carbocycles. The van der Waals surface area contributed by atoms with Crippen molar-refractivity contribution in [1.29, 1.82) is 0 Å². The predicted octanol–water partition coefficient (Wildman–Crippen LogP) is 2.29. The van der Waals surface area contributed by atoms with Gasteiger partial charge in [-0.25, -0.2) is 0 Å². The van der Waals surface area contributed by atoms with E-state index in [1.165, 1.54) is 7.11 Å². The molecular formula is C20H20N2O5. The van der Waals surface area contributed by atoms with Gasteiger partial charge in [-0.05, 0) is 23.8 Å². The fourth-order valence-electron chi connectivity index (χ4n) is 3.48. The number of hydrogen-bond donors (Lipinski definition) is 1. The molecule has 27 heavy (non-hydrogen) atoms. The van der Waals surface area contributed by atoms with Crippen LogP contribution in [0.15, 0.2) is 47.6 Å². The van der Waals surface area contributed by atoms with E-state index in [2.05, 4.69) is 5.16 Å². The maximum absolute atomic E-state index is 12.9. The average Bonchev–Trinajstić information content (AvgIpc) is 3.34. The summed E-state index contributed by atoms with van der Waals surface area (Å²) in [6.45, 7) is 0.461. The zero-order valence-corrected chi connectivity index (χ0v) is 14.9. The second kappa shape index (κ2) is 7.28. The van der Waals surface area contributed by atoms with Crippen molar-refractivity contribution < 1.29 is 24.2 Å². The number of nitrogens with zero attached hydrogens (tertiary/aromatic N) is 2. The van der Waals surface area contributed by atoms with Crippen LogP contribution >= 0.6 is 0 Å². The number of aliphatic hydroxyl groups is 1. The van der Waals surface area contributed by atoms with Crippen molar-refractivity contribution in [3.63, 3.8) is 0 Å². The second-order valence-corrected chi connectivity index (χ2v) is 6.43. The Morgan fingerprint density at radius 3 is 2.81 bits per heavy atom. The molecule has 1 N–H and O–H groups in total. The minimum atomic E-state index is -0.283. The van der Waals surface area contributed by atoms with Crippen LogP contribution in [0.4, 0.5) is 0 Å². The monoisotopic (exact) mass is 368 g/mol. The van der Waals surface area contributed by atoms with E-state index in [9.17, 15) is 9.90 Å². The number of carbonyl (C=O) groups is 1. The summed E-state index contributed by atoms with van der Waals surface area (Å²) in [4.78, 5) is 19.3. The van der Waals surface area contributed by atoms with E-state index >= 15 is 0 Å². The van der Waals surface area contributed by atoms with E-state index in [4.69, 9.17) is 14.3 Å². The third-order valence-electron chi connectivity index (χ3n) is 4.80. The molecule has 140 valence electrons. The predicted molar refractivity (Wildman–Crippen MR) is 99.0 cm³/mol. The highest BCUT2D eigenvalue weighted by Gasteiger charge is 2.33. The molecule has 0 aromatic heterocycles. The molecule has 2 aromatic carbocycles. The highest BCUT2D eigenvalue weighted by molar-refractivity contribution is 6.00. The largest absolute Gasteiger partial charge is 0.454 e. The molecular weight excluding hydrogens is 348 g/mol. The lowest BCUT2D eigenvalue weighted by molar-refractivity contribution is 0.0680. The van der Waals surface area contributed by atoms with Crippen LogP contribution in [0, 0.1) is 0 Å². The number of para-hydroxylation sites is 1. The molecule has 0 spiro atoms. The molecule has 1 fully saturated rings. The molecule has 1 unspecified atom stereocenters. The number of aliphatic hydroxyl groups excluding tert-OH is 1. The molecule has 0 radical (unpaired) electrons. The molecule has 0 aliphatic carbocycles. The van der Waals surface area contributed by atoms with Crippen molar-refractivity contribution in [2.75, 3.05) is 27.1 Å². The van der Waals surface area contributed by atoms with Gasteiger partial charge in [0, 0.05) is 17.5 Å². The molecule has 1 saturated heterocycles. The molecule has 0 bridgehead atoms. The van der Waals surface area contributed by atoms with Crippen LogP contribution in [0.2, 0.25) is 0 Å². The van der Waals surface area contributed by atoms with Crippen LogP contribution in [0.25, 0.3) is 11.1 Å². The SMILES string of the molecule is CO/N=C1/CC(CO)N(C(=O)c2ccc(-c3cccc4c3OCO4)cc2)C1. The standard InChI is InChI=1S/C20H20N2O5/c1-25-21-15-9-16(11-23)22(10-15)20(24)14-7-5-13(6-8-14)17-3-2-4-18-19(17)27-12-26-18/h2-8,16,23H,9-12H2,1H3/b21-15-. The van der Waals surface area contributed by atoms with Gasteiger partial charge in [0.25, 0.3) is 5.91 Å². The zero-order chi connectivity index (χ0) is 18.8. The van der Waals surface area contributed by atoms with Gasteiger partial charge in [-0.2, -0.15) is 0 Å². The number of fused-ring (bicyclic) bond motifs is 1. The Balaban J connectivity index is 1.57. The lowest BCUT2D eigenvalue weighted by Crippen LogP contribution is -2.37. The summed E-state index contributed by atoms with van der Waals surface area (Å²) in [7, 11) is 1.47. The molecule has 7 heteroatoms. The first-order valence-electron chi connectivity index (χ1n) is 8.71. The number of ether oxygens (including phenoxy) is 2. The third kappa shape index (κ3) is 3.21. The Labute approximate surface area is 156 Å². The third-order valence-corrected chi connectivity index (χ3v) is 4.80. The molecule has 4 rings (SSSR count). The second-order valence-electron chi connectivity index (χ2n) is 6.43. The molecule has 7 nitrogen and oxygen atoms in total. The summed E-state index contributed by atoms with van der Waals surface area (Å²) in [5, 5.41) is 13.5. The number of rotatable bonds is 4. The van der Waals surface area contributed by atoms with Gasteiger partial charge in [0.15, 0.2) is 11.5 Å². The quantitative estimate of drug-likeness (QED) is 0.838. The summed E-state index contributed by atoms with van der Waals surface area (Å²) in [6, 6.07) is 12.8. The number of amides is 1. The normalized spacial score (nSPS) is 19.6. The van der Waals surface area contributed by atoms with E-state index in [-0.39, 0.29) is 25.3 Å². The lowest BCUT2D eigenvalue weighted by Gasteiger charge is -2.22. The van der Waals surface area contributed by atoms with E-state index < -0.39 is 0 Å². The van der Waals surface area contributed by atoms with Gasteiger partial charge >= 0.3 is 0 Å². The minimum Gasteiger partial charge on any atom is -0.454 e. The summed E-state index contributed by atoms with van der Waals surface area (Å²) < 4.78 is 11.0. The van der Waals surface area contributed by atoms with Crippen molar-refractivity contribution in [3.8, 4) is 22.6 Å². The smallest absolute Gasteiger partial charge is 0.254 e. The summed E-state index contributed by atoms with van der Waals surface area (Å²) >= 11 is 0. The van der Waals surface area contributed by atoms with Crippen molar-refractivity contribution in [3.05, 3.63) is 48.0 Å². The maximum atomic E-state index is 12.9. The Morgan fingerprint density at radius 2 is 2.07 bits per heavy atom. The Bertz CT molecular complexity index is 878. The van der Waals surface area contributed by atoms with Gasteiger partial charge in [0.2, 0.25) is 6.79 Å². The number of hydrogen-bond acceptors (Lipinski definition) is 6. The van der Waals surface area contributed by atoms with Crippen LogP contribution < -0.4 is 9.47 Å². The van der Waals surface area contributed by atoms with Crippen LogP contribution in [0.3, 0.4) is 0 Å². The fraction of sp³-hybridized carbons (Fsp3) is 0.300. The maximum Gasteiger partial charge on any atom is 0.254 e. The van der Waals surface area contributed by atoms with Crippen molar-refractivity contribution in [2.45, 2.75) is 12.5 Å². The van der Waals surface area contributed by atoms with Crippen molar-refractivity contribution in [2.24, 2.45) is 5.16 Å². The van der Waals surface area contributed by atoms with Gasteiger partial charge in [-0.15, -0.1) is 0 Å². The minimum absolute atomic E-state index is 0.111. The first kappa shape index (κ1) is 17.4. The molecule has 1 amide bonds. The number of benzene rings is 2. The first-order chi connectivity index (χ1) is 13.2. The molecule has 2 aromatic rings. The first-order valence-corrected chi connectivity index (χ1v) is 8.71. The highest BCUT2D eigenvalue weighted by atomic mass is 16.7. The van der Waals surface area contributed by atoms with Crippen LogP contribution in [-0.4, -0.2) is 54.7 Å². The topological polar surface area (TPSA) is 80.6 Å². The average molecular weight is 368 g/mol. The number of likely N-dealkylation sites (tertiary alicyclic amines) is 1. The zero-order valence-electron chi connectivity index (χ0n) is 14.9. The fourth-order valence-corrected chi connectivity index (χ4v) is 3.48. The lowest BCUT2D eigenvalue weighted by atomic mass is 10.0. The van der Waals surface area contributed by atoms with E-state index in [1.807, 2.05) is 30.3 Å². The molecule has 2 heterocycles. The van der Waals surface area contributed by atoms with Crippen LogP contribution in [-0.2, 0) is 4.84 Å². The Morgan fingerprint density at radius 1 is 1.26 bits per heavy atom. The highest BCUT2D eigenvalue weighted by Crippen LogP contribution is 2.41. The van der Waals surface area contributed by atoms with Gasteiger partial charge in [-0.3, -0.25) is 4.79 Å². The number of oxime groups is 1. The van der Waals surface area contributed by atoms with E-state index in [0.717, 1.165) is 28.3 Å². The molecule has 2 aliphatic heterocycles. The Hall–Kier alpha value is -3.06.